The molecule has 0 spiro atoms. The standard InChI is InChI=1S/C17H28N2O/c1-3-18-14-16-9-4-5-10-17(16)20-13-12-19-11-7-6-8-15(19)2/h4-5,9-10,15,18H,3,6-8,11-14H2,1-2H3. The van der Waals surface area contributed by atoms with Crippen molar-refractivity contribution in [3.8, 4) is 5.75 Å². The Hall–Kier alpha value is -1.06. The van der Waals surface area contributed by atoms with Crippen molar-refractivity contribution in [2.45, 2.75) is 45.7 Å². The number of nitrogens with one attached hydrogen (secondary N) is 1. The second-order valence-corrected chi connectivity index (χ2v) is 5.62. The first-order valence-corrected chi connectivity index (χ1v) is 7.96. The van der Waals surface area contributed by atoms with Gasteiger partial charge in [-0.3, -0.25) is 4.90 Å². The van der Waals surface area contributed by atoms with Gasteiger partial charge in [0.25, 0.3) is 0 Å². The molecule has 1 fully saturated rings. The average molecular weight is 276 g/mol. The zero-order valence-electron chi connectivity index (χ0n) is 12.9. The van der Waals surface area contributed by atoms with Crippen LogP contribution in [0, 0.1) is 0 Å². The van der Waals surface area contributed by atoms with Gasteiger partial charge in [-0.25, -0.2) is 0 Å². The molecule has 1 unspecified atom stereocenters. The number of hydrogen-bond acceptors (Lipinski definition) is 3. The predicted molar refractivity (Wildman–Crippen MR) is 84.2 cm³/mol. The highest BCUT2D eigenvalue weighted by atomic mass is 16.5. The van der Waals surface area contributed by atoms with Crippen LogP contribution < -0.4 is 10.1 Å². The summed E-state index contributed by atoms with van der Waals surface area (Å²) >= 11 is 0. The number of nitrogens with zero attached hydrogens (tertiary/aromatic N) is 1. The average Bonchev–Trinajstić information content (AvgIpc) is 2.48. The first-order chi connectivity index (χ1) is 9.81. The SMILES string of the molecule is CCNCc1ccccc1OCCN1CCCCC1C. The molecule has 20 heavy (non-hydrogen) atoms. The molecule has 0 bridgehead atoms. The minimum atomic E-state index is 0.712. The molecule has 3 nitrogen and oxygen atoms in total. The molecule has 0 aromatic heterocycles. The van der Waals surface area contributed by atoms with Gasteiger partial charge in [0, 0.05) is 24.7 Å². The third kappa shape index (κ3) is 4.50. The summed E-state index contributed by atoms with van der Waals surface area (Å²) in [5.74, 6) is 1.03. The van der Waals surface area contributed by atoms with E-state index < -0.39 is 0 Å². The van der Waals surface area contributed by atoms with Gasteiger partial charge < -0.3 is 10.1 Å². The normalized spacial score (nSPS) is 20.0. The highest BCUT2D eigenvalue weighted by Gasteiger charge is 2.17. The molecular weight excluding hydrogens is 248 g/mol. The van der Waals surface area contributed by atoms with E-state index in [2.05, 4.69) is 42.3 Å². The van der Waals surface area contributed by atoms with Crippen LogP contribution in [-0.2, 0) is 6.54 Å². The Balaban J connectivity index is 1.81. The smallest absolute Gasteiger partial charge is 0.123 e. The van der Waals surface area contributed by atoms with Crippen molar-refractivity contribution in [2.24, 2.45) is 0 Å². The third-order valence-corrected chi connectivity index (χ3v) is 4.11. The monoisotopic (exact) mass is 276 g/mol. The van der Waals surface area contributed by atoms with Crippen LogP contribution in [0.2, 0.25) is 0 Å². The van der Waals surface area contributed by atoms with Gasteiger partial charge in [0.15, 0.2) is 0 Å². The van der Waals surface area contributed by atoms with Gasteiger partial charge in [-0.2, -0.15) is 0 Å². The first-order valence-electron chi connectivity index (χ1n) is 7.96. The summed E-state index contributed by atoms with van der Waals surface area (Å²) in [4.78, 5) is 2.55. The van der Waals surface area contributed by atoms with E-state index >= 15 is 0 Å². The number of para-hydroxylation sites is 1. The molecule has 1 N–H and O–H groups in total. The molecule has 112 valence electrons. The molecular formula is C17H28N2O. The lowest BCUT2D eigenvalue weighted by Crippen LogP contribution is -2.39. The van der Waals surface area contributed by atoms with Crippen molar-refractivity contribution >= 4 is 0 Å². The first kappa shape index (κ1) is 15.3. The topological polar surface area (TPSA) is 24.5 Å². The van der Waals surface area contributed by atoms with E-state index in [0.29, 0.717) is 6.04 Å². The van der Waals surface area contributed by atoms with Crippen LogP contribution in [0.25, 0.3) is 0 Å². The molecule has 1 aromatic rings. The fraction of sp³-hybridized carbons (Fsp3) is 0.647. The molecule has 1 aliphatic rings. The van der Waals surface area contributed by atoms with Gasteiger partial charge in [0.2, 0.25) is 0 Å². The van der Waals surface area contributed by atoms with Crippen LogP contribution in [0.5, 0.6) is 5.75 Å². The van der Waals surface area contributed by atoms with Gasteiger partial charge in [-0.05, 0) is 38.9 Å². The molecule has 1 aromatic carbocycles. The molecule has 1 aliphatic heterocycles. The third-order valence-electron chi connectivity index (χ3n) is 4.11. The Morgan fingerprint density at radius 2 is 2.15 bits per heavy atom. The number of hydrogen-bond donors (Lipinski definition) is 1. The van der Waals surface area contributed by atoms with E-state index in [1.165, 1.54) is 31.4 Å². The van der Waals surface area contributed by atoms with Gasteiger partial charge >= 0.3 is 0 Å². The highest BCUT2D eigenvalue weighted by Crippen LogP contribution is 2.19. The number of piperidine rings is 1. The molecule has 0 amide bonds. The Morgan fingerprint density at radius 3 is 2.95 bits per heavy atom. The molecule has 2 rings (SSSR count). The maximum absolute atomic E-state index is 6.00. The largest absolute Gasteiger partial charge is 0.492 e. The van der Waals surface area contributed by atoms with Gasteiger partial charge in [0.05, 0.1) is 0 Å². The lowest BCUT2D eigenvalue weighted by molar-refractivity contribution is 0.133. The number of benzene rings is 1. The lowest BCUT2D eigenvalue weighted by atomic mass is 10.0. The highest BCUT2D eigenvalue weighted by molar-refractivity contribution is 5.33. The van der Waals surface area contributed by atoms with Crippen LogP contribution in [0.3, 0.4) is 0 Å². The summed E-state index contributed by atoms with van der Waals surface area (Å²) in [5, 5.41) is 3.36. The molecule has 0 aliphatic carbocycles. The van der Waals surface area contributed by atoms with Crippen molar-refractivity contribution < 1.29 is 4.74 Å². The molecule has 3 heteroatoms. The maximum atomic E-state index is 6.00. The number of likely N-dealkylation sites (tertiary alicyclic amines) is 1. The van der Waals surface area contributed by atoms with Crippen molar-refractivity contribution in [1.29, 1.82) is 0 Å². The Kier molecular flexibility index (Phi) is 6.34. The predicted octanol–water partition coefficient (Wildman–Crippen LogP) is 3.05. The van der Waals surface area contributed by atoms with E-state index in [1.54, 1.807) is 0 Å². The van der Waals surface area contributed by atoms with Crippen molar-refractivity contribution in [2.75, 3.05) is 26.2 Å². The van der Waals surface area contributed by atoms with E-state index in [0.717, 1.165) is 32.0 Å². The Morgan fingerprint density at radius 1 is 1.30 bits per heavy atom. The molecule has 1 saturated heterocycles. The van der Waals surface area contributed by atoms with E-state index in [-0.39, 0.29) is 0 Å². The van der Waals surface area contributed by atoms with Gasteiger partial charge in [-0.1, -0.05) is 31.5 Å². The van der Waals surface area contributed by atoms with Crippen molar-refractivity contribution in [3.05, 3.63) is 29.8 Å². The van der Waals surface area contributed by atoms with Crippen molar-refractivity contribution in [3.63, 3.8) is 0 Å². The minimum absolute atomic E-state index is 0.712. The minimum Gasteiger partial charge on any atom is -0.492 e. The Labute approximate surface area is 123 Å². The second kappa shape index (κ2) is 8.28. The summed E-state index contributed by atoms with van der Waals surface area (Å²) in [6, 6.07) is 9.05. The summed E-state index contributed by atoms with van der Waals surface area (Å²) in [7, 11) is 0. The maximum Gasteiger partial charge on any atom is 0.123 e. The Bertz CT molecular complexity index is 394. The van der Waals surface area contributed by atoms with Crippen LogP contribution in [-0.4, -0.2) is 37.2 Å². The lowest BCUT2D eigenvalue weighted by Gasteiger charge is -2.33. The summed E-state index contributed by atoms with van der Waals surface area (Å²) in [5.41, 5.74) is 1.25. The van der Waals surface area contributed by atoms with Crippen molar-refractivity contribution in [1.82, 2.24) is 10.2 Å². The zero-order valence-corrected chi connectivity index (χ0v) is 12.9. The van der Waals surface area contributed by atoms with Gasteiger partial charge in [-0.15, -0.1) is 0 Å². The number of ether oxygens (including phenoxy) is 1. The molecule has 0 saturated carbocycles. The van der Waals surface area contributed by atoms with E-state index in [9.17, 15) is 0 Å². The van der Waals surface area contributed by atoms with Crippen LogP contribution in [0.4, 0.5) is 0 Å². The van der Waals surface area contributed by atoms with Crippen LogP contribution >= 0.6 is 0 Å². The van der Waals surface area contributed by atoms with Gasteiger partial charge in [0.1, 0.15) is 12.4 Å². The van der Waals surface area contributed by atoms with Crippen LogP contribution in [0.1, 0.15) is 38.7 Å². The summed E-state index contributed by atoms with van der Waals surface area (Å²) in [6.45, 7) is 9.37. The quantitative estimate of drug-likeness (QED) is 0.828. The fourth-order valence-corrected chi connectivity index (χ4v) is 2.81. The molecule has 1 atom stereocenters. The zero-order chi connectivity index (χ0) is 14.2. The summed E-state index contributed by atoms with van der Waals surface area (Å²) < 4.78 is 6.00. The summed E-state index contributed by atoms with van der Waals surface area (Å²) in [6.07, 6.45) is 4.04. The molecule has 0 radical (unpaired) electrons. The number of rotatable bonds is 7. The van der Waals surface area contributed by atoms with Crippen LogP contribution in [0.15, 0.2) is 24.3 Å². The van der Waals surface area contributed by atoms with E-state index in [1.807, 2.05) is 6.07 Å². The fourth-order valence-electron chi connectivity index (χ4n) is 2.81. The van der Waals surface area contributed by atoms with E-state index in [4.69, 9.17) is 4.74 Å². The molecule has 1 heterocycles. The second-order valence-electron chi connectivity index (χ2n) is 5.62.